The molecule has 0 bridgehead atoms. The third-order valence-electron chi connectivity index (χ3n) is 4.74. The Bertz CT molecular complexity index is 1260. The molecule has 3 aromatic rings. The first-order chi connectivity index (χ1) is 14.7. The van der Waals surface area contributed by atoms with E-state index >= 15 is 0 Å². The number of aromatic nitrogens is 2. The number of hydrogen-bond acceptors (Lipinski definition) is 5. The number of nitrogens with zero attached hydrogens (tertiary/aromatic N) is 4. The van der Waals surface area contributed by atoms with Crippen LogP contribution >= 0.6 is 0 Å². The highest BCUT2D eigenvalue weighted by atomic mass is 16.3. The van der Waals surface area contributed by atoms with Gasteiger partial charge in [0.15, 0.2) is 5.69 Å². The van der Waals surface area contributed by atoms with Crippen molar-refractivity contribution in [3.63, 3.8) is 0 Å². The Hall–Kier alpha value is -4.14. The molecule has 0 radical (unpaired) electrons. The quantitative estimate of drug-likeness (QED) is 0.467. The summed E-state index contributed by atoms with van der Waals surface area (Å²) >= 11 is 0. The Balaban J connectivity index is 1.99. The Morgan fingerprint density at radius 1 is 1.32 bits per heavy atom. The average Bonchev–Trinajstić information content (AvgIpc) is 3.15. The van der Waals surface area contributed by atoms with Crippen molar-refractivity contribution in [3.05, 3.63) is 59.3 Å². The van der Waals surface area contributed by atoms with E-state index in [0.29, 0.717) is 47.1 Å². The van der Waals surface area contributed by atoms with E-state index in [4.69, 9.17) is 5.73 Å². The van der Waals surface area contributed by atoms with Crippen molar-refractivity contribution in [2.24, 2.45) is 5.73 Å². The predicted molar refractivity (Wildman–Crippen MR) is 115 cm³/mol. The molecule has 0 spiro atoms. The first kappa shape index (κ1) is 21.6. The van der Waals surface area contributed by atoms with Gasteiger partial charge in [0.25, 0.3) is 5.91 Å². The van der Waals surface area contributed by atoms with Crippen molar-refractivity contribution in [1.29, 1.82) is 5.26 Å². The normalized spacial score (nSPS) is 12.3. The zero-order valence-corrected chi connectivity index (χ0v) is 17.2. The fraction of sp³-hybridized carbons (Fsp3) is 0.217. The fourth-order valence-electron chi connectivity index (χ4n) is 2.99. The first-order valence-corrected chi connectivity index (χ1v) is 9.48. The van der Waals surface area contributed by atoms with Gasteiger partial charge in [-0.25, -0.2) is 4.68 Å². The molecule has 31 heavy (non-hydrogen) atoms. The van der Waals surface area contributed by atoms with E-state index in [1.54, 1.807) is 61.1 Å². The predicted octanol–water partition coefficient (Wildman–Crippen LogP) is 1.58. The lowest BCUT2D eigenvalue weighted by molar-refractivity contribution is -0.117. The molecule has 8 nitrogen and oxygen atoms in total. The Morgan fingerprint density at radius 2 is 2.10 bits per heavy atom. The summed E-state index contributed by atoms with van der Waals surface area (Å²) in [5, 5.41) is 24.6. The van der Waals surface area contributed by atoms with Crippen LogP contribution in [-0.2, 0) is 4.79 Å². The fourth-order valence-corrected chi connectivity index (χ4v) is 2.99. The molecule has 0 saturated heterocycles. The zero-order valence-electron chi connectivity index (χ0n) is 17.2. The molecular weight excluding hydrogens is 394 g/mol. The number of carbonyl (C=O) groups is 2. The summed E-state index contributed by atoms with van der Waals surface area (Å²) in [6, 6.07) is 14.1. The molecule has 1 heterocycles. The third-order valence-corrected chi connectivity index (χ3v) is 4.74. The largest absolute Gasteiger partial charge is 0.378 e. The number of primary amides is 1. The number of rotatable bonds is 6. The molecule has 3 rings (SSSR count). The average molecular weight is 415 g/mol. The van der Waals surface area contributed by atoms with E-state index < -0.39 is 11.5 Å². The first-order valence-electron chi connectivity index (χ1n) is 9.48. The van der Waals surface area contributed by atoms with E-state index in [1.165, 1.54) is 4.90 Å². The van der Waals surface area contributed by atoms with Crippen molar-refractivity contribution in [2.75, 3.05) is 13.6 Å². The molecule has 156 valence electrons. The maximum absolute atomic E-state index is 11.8. The number of amides is 2. The van der Waals surface area contributed by atoms with Crippen LogP contribution in [0, 0.1) is 23.2 Å². The van der Waals surface area contributed by atoms with Gasteiger partial charge >= 0.3 is 0 Å². The lowest BCUT2D eigenvalue weighted by Crippen LogP contribution is -2.29. The summed E-state index contributed by atoms with van der Waals surface area (Å²) in [5.41, 5.74) is 6.56. The number of carbonyl (C=O) groups excluding carboxylic acids is 2. The number of nitrogens with two attached hydrogens (primary N) is 1. The van der Waals surface area contributed by atoms with Crippen LogP contribution in [0.4, 0.5) is 0 Å². The highest BCUT2D eigenvalue weighted by Gasteiger charge is 2.18. The minimum Gasteiger partial charge on any atom is -0.378 e. The standard InChI is InChI=1S/C23H21N5O3/c1-23(31,10-11-27(2)15-29)9-8-16-4-3-5-18(12-16)28-20-13-17(14-24)6-7-19(20)21(26-28)22(25)30/h3-7,12-13,15,31H,10-11H2,1-2H3,(H2,25,30). The van der Waals surface area contributed by atoms with Gasteiger partial charge in [0, 0.05) is 31.0 Å². The topological polar surface area (TPSA) is 125 Å². The van der Waals surface area contributed by atoms with E-state index in [2.05, 4.69) is 23.0 Å². The monoisotopic (exact) mass is 415 g/mol. The minimum atomic E-state index is -1.27. The van der Waals surface area contributed by atoms with Crippen LogP contribution in [0.5, 0.6) is 0 Å². The Morgan fingerprint density at radius 3 is 2.77 bits per heavy atom. The number of aliphatic hydroxyl groups is 1. The second-order valence-corrected chi connectivity index (χ2v) is 7.38. The molecule has 3 N–H and O–H groups in total. The van der Waals surface area contributed by atoms with Crippen molar-refractivity contribution >= 4 is 23.2 Å². The van der Waals surface area contributed by atoms with Crippen molar-refractivity contribution in [1.82, 2.24) is 14.7 Å². The molecule has 1 unspecified atom stereocenters. The lowest BCUT2D eigenvalue weighted by atomic mass is 10.0. The van der Waals surface area contributed by atoms with Gasteiger partial charge in [0.2, 0.25) is 6.41 Å². The molecule has 0 aliphatic carbocycles. The van der Waals surface area contributed by atoms with Crippen molar-refractivity contribution in [2.45, 2.75) is 18.9 Å². The summed E-state index contributed by atoms with van der Waals surface area (Å²) in [4.78, 5) is 24.0. The molecule has 2 amide bonds. The van der Waals surface area contributed by atoms with Gasteiger partial charge in [0.05, 0.1) is 22.8 Å². The van der Waals surface area contributed by atoms with Crippen LogP contribution < -0.4 is 5.73 Å². The number of hydrogen-bond donors (Lipinski definition) is 2. The van der Waals surface area contributed by atoms with Crippen LogP contribution in [0.15, 0.2) is 42.5 Å². The van der Waals surface area contributed by atoms with Crippen LogP contribution in [0.25, 0.3) is 16.6 Å². The van der Waals surface area contributed by atoms with E-state index in [1.807, 2.05) is 0 Å². The molecule has 1 aromatic heterocycles. The molecule has 1 atom stereocenters. The van der Waals surface area contributed by atoms with Crippen molar-refractivity contribution < 1.29 is 14.7 Å². The highest BCUT2D eigenvalue weighted by Crippen LogP contribution is 2.24. The van der Waals surface area contributed by atoms with Crippen LogP contribution in [0.1, 0.15) is 35.0 Å². The third kappa shape index (κ3) is 4.89. The van der Waals surface area contributed by atoms with E-state index in [-0.39, 0.29) is 5.69 Å². The molecular formula is C23H21N5O3. The molecule has 0 saturated carbocycles. The smallest absolute Gasteiger partial charge is 0.269 e. The van der Waals surface area contributed by atoms with Gasteiger partial charge in [-0.15, -0.1) is 0 Å². The van der Waals surface area contributed by atoms with Crippen LogP contribution in [0.3, 0.4) is 0 Å². The van der Waals surface area contributed by atoms with Gasteiger partial charge < -0.3 is 15.7 Å². The summed E-state index contributed by atoms with van der Waals surface area (Å²) in [5.74, 6) is 5.11. The van der Waals surface area contributed by atoms with E-state index in [9.17, 15) is 20.0 Å². The minimum absolute atomic E-state index is 0.109. The molecule has 0 fully saturated rings. The van der Waals surface area contributed by atoms with E-state index in [0.717, 1.165) is 0 Å². The van der Waals surface area contributed by atoms with Crippen LogP contribution in [-0.4, -0.2) is 51.3 Å². The Kier molecular flexibility index (Phi) is 6.05. The molecule has 2 aromatic carbocycles. The summed E-state index contributed by atoms with van der Waals surface area (Å²) in [6.45, 7) is 1.97. The van der Waals surface area contributed by atoms with Crippen molar-refractivity contribution in [3.8, 4) is 23.6 Å². The summed E-state index contributed by atoms with van der Waals surface area (Å²) < 4.78 is 1.54. The number of benzene rings is 2. The van der Waals surface area contributed by atoms with Gasteiger partial charge in [-0.05, 0) is 43.3 Å². The molecule has 0 aliphatic heterocycles. The zero-order chi connectivity index (χ0) is 22.6. The summed E-state index contributed by atoms with van der Waals surface area (Å²) in [6.07, 6.45) is 0.997. The van der Waals surface area contributed by atoms with Gasteiger partial charge in [-0.3, -0.25) is 9.59 Å². The Labute approximate surface area is 179 Å². The molecule has 0 aliphatic rings. The maximum atomic E-state index is 11.8. The second kappa shape index (κ2) is 8.70. The van der Waals surface area contributed by atoms with Gasteiger partial charge in [-0.2, -0.15) is 10.4 Å². The van der Waals surface area contributed by atoms with Gasteiger partial charge in [-0.1, -0.05) is 17.9 Å². The summed E-state index contributed by atoms with van der Waals surface area (Å²) in [7, 11) is 1.63. The lowest BCUT2D eigenvalue weighted by Gasteiger charge is -2.19. The second-order valence-electron chi connectivity index (χ2n) is 7.38. The van der Waals surface area contributed by atoms with Gasteiger partial charge in [0.1, 0.15) is 5.60 Å². The number of nitriles is 1. The highest BCUT2D eigenvalue weighted by molar-refractivity contribution is 6.04. The number of fused-ring (bicyclic) bond motifs is 1. The maximum Gasteiger partial charge on any atom is 0.269 e. The molecule has 8 heteroatoms. The van der Waals surface area contributed by atoms with Crippen LogP contribution in [0.2, 0.25) is 0 Å². The SMILES string of the molecule is CN(C=O)CCC(C)(O)C#Cc1cccc(-n2nc(C(N)=O)c3ccc(C#N)cc32)c1.